The summed E-state index contributed by atoms with van der Waals surface area (Å²) in [6, 6.07) is 2.39. The van der Waals surface area contributed by atoms with Gasteiger partial charge in [-0.15, -0.1) is 0 Å². The van der Waals surface area contributed by atoms with Gasteiger partial charge in [-0.05, 0) is 12.1 Å². The van der Waals surface area contributed by atoms with Crippen LogP contribution in [0.4, 0.5) is 9.52 Å². The second-order valence-electron chi connectivity index (χ2n) is 2.88. The molecule has 2 N–H and O–H groups in total. The number of carboxylic acid groups (broad SMARTS) is 1. The highest BCUT2D eigenvalue weighted by atomic mass is 32.1. The van der Waals surface area contributed by atoms with Gasteiger partial charge in [-0.1, -0.05) is 11.3 Å². The van der Waals surface area contributed by atoms with Gasteiger partial charge in [0.05, 0.1) is 10.3 Å². The van der Waals surface area contributed by atoms with E-state index in [0.717, 1.165) is 6.07 Å². The largest absolute Gasteiger partial charge is 0.478 e. The third-order valence-corrected chi connectivity index (χ3v) is 2.93. The van der Waals surface area contributed by atoms with Crippen molar-refractivity contribution in [2.75, 3.05) is 12.4 Å². The fourth-order valence-electron chi connectivity index (χ4n) is 1.22. The van der Waals surface area contributed by atoms with Crippen molar-refractivity contribution < 1.29 is 14.3 Å². The van der Waals surface area contributed by atoms with Crippen LogP contribution >= 0.6 is 11.3 Å². The molecule has 0 aliphatic rings. The van der Waals surface area contributed by atoms with Crippen molar-refractivity contribution in [1.29, 1.82) is 0 Å². The molecule has 0 atom stereocenters. The quantitative estimate of drug-likeness (QED) is 0.823. The number of aromatic nitrogens is 1. The number of carboxylic acids is 1. The molecule has 0 spiro atoms. The number of rotatable bonds is 2. The molecule has 0 fully saturated rings. The molecule has 0 saturated carbocycles. The van der Waals surface area contributed by atoms with Gasteiger partial charge in [0.2, 0.25) is 0 Å². The normalized spacial score (nSPS) is 10.5. The molecule has 1 aromatic heterocycles. The average Bonchev–Trinajstić information content (AvgIpc) is 2.61. The zero-order valence-corrected chi connectivity index (χ0v) is 8.56. The first-order valence-corrected chi connectivity index (χ1v) is 4.94. The summed E-state index contributed by atoms with van der Waals surface area (Å²) in [5.41, 5.74) is 0.139. The van der Waals surface area contributed by atoms with Crippen molar-refractivity contribution in [2.24, 2.45) is 0 Å². The van der Waals surface area contributed by atoms with E-state index in [-0.39, 0.29) is 11.1 Å². The van der Waals surface area contributed by atoms with Crippen molar-refractivity contribution in [1.82, 2.24) is 4.98 Å². The molecule has 4 nitrogen and oxygen atoms in total. The third-order valence-electron chi connectivity index (χ3n) is 1.91. The molecule has 78 valence electrons. The van der Waals surface area contributed by atoms with Crippen LogP contribution in [0.3, 0.4) is 0 Å². The van der Waals surface area contributed by atoms with Crippen LogP contribution in [0, 0.1) is 5.82 Å². The topological polar surface area (TPSA) is 62.2 Å². The smallest absolute Gasteiger partial charge is 0.335 e. The summed E-state index contributed by atoms with van der Waals surface area (Å²) in [5, 5.41) is 12.1. The highest BCUT2D eigenvalue weighted by Gasteiger charge is 2.12. The molecule has 15 heavy (non-hydrogen) atoms. The lowest BCUT2D eigenvalue weighted by atomic mass is 10.2. The molecular weight excluding hydrogens is 219 g/mol. The first kappa shape index (κ1) is 9.85. The van der Waals surface area contributed by atoms with Crippen LogP contribution in [0.2, 0.25) is 0 Å². The van der Waals surface area contributed by atoms with Crippen molar-refractivity contribution in [3.05, 3.63) is 23.5 Å². The van der Waals surface area contributed by atoms with Crippen molar-refractivity contribution >= 4 is 32.7 Å². The number of nitrogens with zero attached hydrogens (tertiary/aromatic N) is 1. The zero-order valence-electron chi connectivity index (χ0n) is 7.74. The molecule has 2 rings (SSSR count). The van der Waals surface area contributed by atoms with E-state index < -0.39 is 11.8 Å². The first-order valence-electron chi connectivity index (χ1n) is 4.13. The standard InChI is InChI=1S/C9H7FN2O2S/c1-11-9-12-7-5(10)2-4(8(13)14)3-6(7)15-9/h2-3H,1H3,(H,11,12)(H,13,14). The Morgan fingerprint density at radius 1 is 1.60 bits per heavy atom. The van der Waals surface area contributed by atoms with E-state index in [1.54, 1.807) is 7.05 Å². The van der Waals surface area contributed by atoms with Crippen molar-refractivity contribution in [2.45, 2.75) is 0 Å². The lowest BCUT2D eigenvalue weighted by Crippen LogP contribution is -1.96. The monoisotopic (exact) mass is 226 g/mol. The molecule has 1 aromatic carbocycles. The Kier molecular flexibility index (Phi) is 2.28. The molecule has 2 aromatic rings. The molecule has 1 heterocycles. The van der Waals surface area contributed by atoms with Gasteiger partial charge in [0, 0.05) is 7.05 Å². The highest BCUT2D eigenvalue weighted by molar-refractivity contribution is 7.22. The Morgan fingerprint density at radius 3 is 2.93 bits per heavy atom. The Balaban J connectivity index is 2.70. The summed E-state index contributed by atoms with van der Waals surface area (Å²) in [4.78, 5) is 14.6. The maximum absolute atomic E-state index is 13.4. The minimum Gasteiger partial charge on any atom is -0.478 e. The number of hydrogen-bond acceptors (Lipinski definition) is 4. The number of benzene rings is 1. The number of halogens is 1. The molecule has 0 bridgehead atoms. The van der Waals surface area contributed by atoms with Gasteiger partial charge in [-0.2, -0.15) is 0 Å². The van der Waals surface area contributed by atoms with E-state index in [9.17, 15) is 9.18 Å². The van der Waals surface area contributed by atoms with Gasteiger partial charge in [-0.25, -0.2) is 14.2 Å². The molecular formula is C9H7FN2O2S. The maximum Gasteiger partial charge on any atom is 0.335 e. The van der Waals surface area contributed by atoms with E-state index in [1.807, 2.05) is 0 Å². The molecule has 6 heteroatoms. The number of thiazole rings is 1. The van der Waals surface area contributed by atoms with Gasteiger partial charge in [0.15, 0.2) is 10.9 Å². The van der Waals surface area contributed by atoms with Crippen LogP contribution in [0.25, 0.3) is 10.2 Å². The highest BCUT2D eigenvalue weighted by Crippen LogP contribution is 2.28. The van der Waals surface area contributed by atoms with Crippen LogP contribution in [-0.2, 0) is 0 Å². The van der Waals surface area contributed by atoms with E-state index in [4.69, 9.17) is 5.11 Å². The number of aromatic carboxylic acids is 1. The van der Waals surface area contributed by atoms with E-state index >= 15 is 0 Å². The first-order chi connectivity index (χ1) is 7.11. The van der Waals surface area contributed by atoms with Gasteiger partial charge in [0.1, 0.15) is 5.52 Å². The summed E-state index contributed by atoms with van der Waals surface area (Å²) < 4.78 is 13.9. The summed E-state index contributed by atoms with van der Waals surface area (Å²) in [6.07, 6.45) is 0. The number of anilines is 1. The summed E-state index contributed by atoms with van der Waals surface area (Å²) in [5.74, 6) is -1.75. The van der Waals surface area contributed by atoms with Gasteiger partial charge >= 0.3 is 5.97 Å². The van der Waals surface area contributed by atoms with Crippen LogP contribution < -0.4 is 5.32 Å². The molecule has 0 aliphatic carbocycles. The second-order valence-corrected chi connectivity index (χ2v) is 3.91. The average molecular weight is 226 g/mol. The molecule has 0 aliphatic heterocycles. The minimum absolute atomic E-state index is 0.0636. The van der Waals surface area contributed by atoms with Gasteiger partial charge in [-0.3, -0.25) is 0 Å². The van der Waals surface area contributed by atoms with Gasteiger partial charge < -0.3 is 10.4 Å². The molecule has 0 unspecified atom stereocenters. The van der Waals surface area contributed by atoms with Crippen LogP contribution in [0.5, 0.6) is 0 Å². The maximum atomic E-state index is 13.4. The van der Waals surface area contributed by atoms with Crippen LogP contribution in [0.15, 0.2) is 12.1 Å². The van der Waals surface area contributed by atoms with E-state index in [2.05, 4.69) is 10.3 Å². The predicted octanol–water partition coefficient (Wildman–Crippen LogP) is 2.18. The Labute approximate surface area is 88.4 Å². The number of carbonyl (C=O) groups is 1. The minimum atomic E-state index is -1.14. The number of hydrogen-bond donors (Lipinski definition) is 2. The lowest BCUT2D eigenvalue weighted by molar-refractivity contribution is 0.0696. The van der Waals surface area contributed by atoms with Crippen molar-refractivity contribution in [3.8, 4) is 0 Å². The van der Waals surface area contributed by atoms with Crippen LogP contribution in [-0.4, -0.2) is 23.1 Å². The summed E-state index contributed by atoms with van der Waals surface area (Å²) >= 11 is 1.22. The van der Waals surface area contributed by atoms with Gasteiger partial charge in [0.25, 0.3) is 0 Å². The number of nitrogens with one attached hydrogen (secondary N) is 1. The number of fused-ring (bicyclic) bond motifs is 1. The zero-order chi connectivity index (χ0) is 11.0. The Bertz CT molecular complexity index is 538. The third kappa shape index (κ3) is 1.63. The molecule has 0 amide bonds. The van der Waals surface area contributed by atoms with Crippen molar-refractivity contribution in [3.63, 3.8) is 0 Å². The Morgan fingerprint density at radius 2 is 2.33 bits per heavy atom. The van der Waals surface area contributed by atoms with E-state index in [0.29, 0.717) is 9.83 Å². The molecule has 0 saturated heterocycles. The SMILES string of the molecule is CNc1nc2c(F)cc(C(=O)O)cc2s1. The second kappa shape index (κ2) is 3.47. The van der Waals surface area contributed by atoms with Crippen LogP contribution in [0.1, 0.15) is 10.4 Å². The lowest BCUT2D eigenvalue weighted by Gasteiger charge is -1.94. The summed E-state index contributed by atoms with van der Waals surface area (Å²) in [6.45, 7) is 0. The summed E-state index contributed by atoms with van der Waals surface area (Å²) in [7, 11) is 1.67. The fraction of sp³-hybridized carbons (Fsp3) is 0.111. The predicted molar refractivity (Wildman–Crippen MR) is 56.1 cm³/mol. The van der Waals surface area contributed by atoms with E-state index in [1.165, 1.54) is 17.4 Å². The Hall–Kier alpha value is -1.69. The molecule has 0 radical (unpaired) electrons. The fourth-order valence-corrected chi connectivity index (χ4v) is 2.09.